The summed E-state index contributed by atoms with van der Waals surface area (Å²) in [4.78, 5) is 19.2. The van der Waals surface area contributed by atoms with Gasteiger partial charge in [-0.3, -0.25) is 4.79 Å². The number of aromatic hydroxyl groups is 1. The molecule has 10 heteroatoms. The molecule has 0 bridgehead atoms. The zero-order valence-electron chi connectivity index (χ0n) is 18.5. The summed E-state index contributed by atoms with van der Waals surface area (Å²) in [6, 6.07) is 12.8. The van der Waals surface area contributed by atoms with Gasteiger partial charge >= 0.3 is 6.01 Å². The molecule has 9 nitrogen and oxygen atoms in total. The van der Waals surface area contributed by atoms with Crippen LogP contribution in [0.2, 0.25) is 5.02 Å². The van der Waals surface area contributed by atoms with Crippen LogP contribution in [0.1, 0.15) is 42.5 Å². The predicted octanol–water partition coefficient (Wildman–Crippen LogP) is 3.90. The summed E-state index contributed by atoms with van der Waals surface area (Å²) < 4.78 is 7.03. The summed E-state index contributed by atoms with van der Waals surface area (Å²) in [6.45, 7) is 6.99. The average Bonchev–Trinajstić information content (AvgIpc) is 3.38. The first-order chi connectivity index (χ1) is 16.0. The molecule has 0 saturated heterocycles. The van der Waals surface area contributed by atoms with E-state index in [-0.39, 0.29) is 28.3 Å². The Morgan fingerprint density at radius 2 is 1.88 bits per heavy atom. The Balaban J connectivity index is 1.85. The second-order valence-corrected chi connectivity index (χ2v) is 7.53. The van der Waals surface area contributed by atoms with Crippen molar-refractivity contribution in [3.05, 3.63) is 64.4 Å². The maximum absolute atomic E-state index is 12.9. The lowest BCUT2D eigenvalue weighted by atomic mass is 10.1. The molecule has 2 aromatic carbocycles. The monoisotopic (exact) mass is 466 g/mol. The lowest BCUT2D eigenvalue weighted by Gasteiger charge is -2.19. The van der Waals surface area contributed by atoms with E-state index in [0.717, 1.165) is 5.56 Å². The Kier molecular flexibility index (Phi) is 6.41. The first kappa shape index (κ1) is 22.5. The van der Waals surface area contributed by atoms with Crippen LogP contribution in [0, 0.1) is 0 Å². The van der Waals surface area contributed by atoms with Gasteiger partial charge in [-0.2, -0.15) is 9.78 Å². The summed E-state index contributed by atoms with van der Waals surface area (Å²) in [6.07, 6.45) is 0. The van der Waals surface area contributed by atoms with Crippen LogP contribution in [0.5, 0.6) is 11.8 Å². The molecule has 4 rings (SSSR count). The topological polar surface area (TPSA) is 105 Å². The van der Waals surface area contributed by atoms with E-state index in [2.05, 4.69) is 15.3 Å². The third-order valence-corrected chi connectivity index (χ3v) is 5.43. The molecule has 0 spiro atoms. The molecular formula is C23H23ClN6O3. The van der Waals surface area contributed by atoms with Crippen molar-refractivity contribution in [3.8, 4) is 11.8 Å². The van der Waals surface area contributed by atoms with Crippen molar-refractivity contribution in [2.75, 3.05) is 19.7 Å². The molecule has 1 N–H and O–H groups in total. The van der Waals surface area contributed by atoms with Crippen molar-refractivity contribution in [2.45, 2.75) is 20.8 Å². The summed E-state index contributed by atoms with van der Waals surface area (Å²) in [5, 5.41) is 23.4. The van der Waals surface area contributed by atoms with Crippen molar-refractivity contribution in [1.82, 2.24) is 19.8 Å². The number of fused-ring (bicyclic) bond motifs is 1. The number of phenolic OH excluding ortho intramolecular Hbond substituents is 1. The minimum absolute atomic E-state index is 0.0278. The van der Waals surface area contributed by atoms with Gasteiger partial charge in [0.2, 0.25) is 5.82 Å². The Morgan fingerprint density at radius 3 is 2.55 bits per heavy atom. The highest BCUT2D eigenvalue weighted by molar-refractivity contribution is 6.54. The number of phenols is 1. The SMILES string of the molecule is CCOc1nnc2n1N=C(c1ccccc1)C2=Nc1cc(Cl)c(O)c(C(=O)N(CC)CC)c1. The van der Waals surface area contributed by atoms with Gasteiger partial charge in [0, 0.05) is 18.7 Å². The van der Waals surface area contributed by atoms with E-state index in [0.29, 0.717) is 42.6 Å². The van der Waals surface area contributed by atoms with Crippen LogP contribution in [0.4, 0.5) is 5.69 Å². The molecule has 170 valence electrons. The molecule has 0 saturated carbocycles. The molecule has 1 aliphatic rings. The summed E-state index contributed by atoms with van der Waals surface area (Å²) >= 11 is 6.27. The van der Waals surface area contributed by atoms with Gasteiger partial charge in [-0.05, 0) is 32.9 Å². The van der Waals surface area contributed by atoms with Crippen LogP contribution in [0.3, 0.4) is 0 Å². The number of amides is 1. The van der Waals surface area contributed by atoms with Gasteiger partial charge in [0.1, 0.15) is 17.2 Å². The smallest absolute Gasteiger partial charge is 0.339 e. The Hall–Kier alpha value is -3.72. The first-order valence-electron chi connectivity index (χ1n) is 10.6. The Morgan fingerprint density at radius 1 is 1.15 bits per heavy atom. The van der Waals surface area contributed by atoms with Gasteiger partial charge in [-0.15, -0.1) is 5.10 Å². The molecule has 1 aliphatic heterocycles. The first-order valence-corrected chi connectivity index (χ1v) is 11.0. The number of hydrogen-bond donors (Lipinski definition) is 1. The van der Waals surface area contributed by atoms with Crippen molar-refractivity contribution < 1.29 is 14.6 Å². The number of hydrogen-bond acceptors (Lipinski definition) is 7. The fourth-order valence-corrected chi connectivity index (χ4v) is 3.71. The molecule has 0 fully saturated rings. The van der Waals surface area contributed by atoms with Crippen LogP contribution in [0.15, 0.2) is 52.6 Å². The normalized spacial score (nSPS) is 13.7. The Labute approximate surface area is 196 Å². The highest BCUT2D eigenvalue weighted by Gasteiger charge is 2.30. The van der Waals surface area contributed by atoms with Gasteiger partial charge in [0.25, 0.3) is 5.91 Å². The van der Waals surface area contributed by atoms with E-state index in [4.69, 9.17) is 21.3 Å². The summed E-state index contributed by atoms with van der Waals surface area (Å²) in [5.41, 5.74) is 2.30. The molecule has 0 radical (unpaired) electrons. The molecule has 3 aromatic rings. The van der Waals surface area contributed by atoms with E-state index in [1.54, 1.807) is 4.90 Å². The van der Waals surface area contributed by atoms with E-state index in [1.807, 2.05) is 51.1 Å². The summed E-state index contributed by atoms with van der Waals surface area (Å²) in [5.74, 6) is -0.201. The predicted molar refractivity (Wildman–Crippen MR) is 126 cm³/mol. The van der Waals surface area contributed by atoms with Gasteiger partial charge in [-0.1, -0.05) is 47.0 Å². The third kappa shape index (κ3) is 4.19. The average molecular weight is 467 g/mol. The second kappa shape index (κ2) is 9.41. The number of aliphatic imine (C=N–C) groups is 1. The number of ether oxygens (including phenoxy) is 1. The zero-order chi connectivity index (χ0) is 23.5. The van der Waals surface area contributed by atoms with Gasteiger partial charge in [0.05, 0.1) is 22.9 Å². The van der Waals surface area contributed by atoms with Crippen LogP contribution >= 0.6 is 11.6 Å². The van der Waals surface area contributed by atoms with Gasteiger partial charge < -0.3 is 14.7 Å². The van der Waals surface area contributed by atoms with Crippen LogP contribution < -0.4 is 4.74 Å². The maximum atomic E-state index is 12.9. The largest absolute Gasteiger partial charge is 0.506 e. The number of aromatic nitrogens is 3. The molecule has 1 amide bonds. The fourth-order valence-electron chi connectivity index (χ4n) is 3.49. The molecule has 1 aromatic heterocycles. The molecule has 0 unspecified atom stereocenters. The van der Waals surface area contributed by atoms with Gasteiger partial charge in [0.15, 0.2) is 0 Å². The molecule has 33 heavy (non-hydrogen) atoms. The fraction of sp³-hybridized carbons (Fsp3) is 0.261. The molecule has 2 heterocycles. The van der Waals surface area contributed by atoms with Crippen molar-refractivity contribution in [1.29, 1.82) is 0 Å². The standard InChI is InChI=1S/C23H23ClN6O3/c1-4-29(5-2)22(32)16-12-15(13-17(24)20(16)31)25-19-18(14-10-8-7-9-11-14)28-30-21(19)26-27-23(30)33-6-3/h7-13,31H,4-6H2,1-3H3. The van der Waals surface area contributed by atoms with Crippen molar-refractivity contribution in [3.63, 3.8) is 0 Å². The lowest BCUT2D eigenvalue weighted by Crippen LogP contribution is -2.30. The quantitative estimate of drug-likeness (QED) is 0.568. The van der Waals surface area contributed by atoms with Crippen LogP contribution in [-0.4, -0.2) is 61.9 Å². The van der Waals surface area contributed by atoms with E-state index < -0.39 is 0 Å². The number of benzene rings is 2. The number of carbonyl (C=O) groups is 1. The third-order valence-electron chi connectivity index (χ3n) is 5.14. The van der Waals surface area contributed by atoms with Gasteiger partial charge in [-0.25, -0.2) is 4.99 Å². The lowest BCUT2D eigenvalue weighted by molar-refractivity contribution is 0.0770. The zero-order valence-corrected chi connectivity index (χ0v) is 19.2. The minimum atomic E-state index is -0.327. The minimum Gasteiger partial charge on any atom is -0.506 e. The van der Waals surface area contributed by atoms with Crippen molar-refractivity contribution in [2.24, 2.45) is 10.1 Å². The molecule has 0 atom stereocenters. The number of nitrogens with zero attached hydrogens (tertiary/aromatic N) is 6. The highest BCUT2D eigenvalue weighted by Crippen LogP contribution is 2.34. The molecular weight excluding hydrogens is 444 g/mol. The van der Waals surface area contributed by atoms with E-state index in [1.165, 1.54) is 16.8 Å². The van der Waals surface area contributed by atoms with Crippen LogP contribution in [-0.2, 0) is 0 Å². The number of halogens is 1. The van der Waals surface area contributed by atoms with Crippen molar-refractivity contribution >= 4 is 34.6 Å². The Bertz CT molecular complexity index is 1250. The molecule has 0 aliphatic carbocycles. The number of carbonyl (C=O) groups excluding carboxylic acids is 1. The second-order valence-electron chi connectivity index (χ2n) is 7.13. The highest BCUT2D eigenvalue weighted by atomic mass is 35.5. The van der Waals surface area contributed by atoms with E-state index in [9.17, 15) is 9.90 Å². The summed E-state index contributed by atoms with van der Waals surface area (Å²) in [7, 11) is 0. The number of rotatable bonds is 7. The van der Waals surface area contributed by atoms with Crippen LogP contribution in [0.25, 0.3) is 0 Å². The van der Waals surface area contributed by atoms with E-state index >= 15 is 0 Å². The maximum Gasteiger partial charge on any atom is 0.339 e.